The third-order valence-electron chi connectivity index (χ3n) is 1.85. The Bertz CT molecular complexity index is 370. The number of halogens is 1. The fourth-order valence-electron chi connectivity index (χ4n) is 1.13. The van der Waals surface area contributed by atoms with Gasteiger partial charge in [-0.05, 0) is 24.1 Å². The van der Waals surface area contributed by atoms with Crippen molar-refractivity contribution in [1.82, 2.24) is 0 Å². The first-order valence-corrected chi connectivity index (χ1v) is 4.94. The lowest BCUT2D eigenvalue weighted by molar-refractivity contribution is -0.156. The lowest BCUT2D eigenvalue weighted by Crippen LogP contribution is -2.14. The third kappa shape index (κ3) is 4.21. The first-order valence-electron chi connectivity index (χ1n) is 4.94. The summed E-state index contributed by atoms with van der Waals surface area (Å²) in [6.45, 7) is 1.77. The molecule has 0 aromatic heterocycles. The van der Waals surface area contributed by atoms with Gasteiger partial charge >= 0.3 is 11.9 Å². The molecule has 1 rings (SSSR count). The number of hydrogen-bond donors (Lipinski definition) is 0. The highest BCUT2D eigenvalue weighted by atomic mass is 19.1. The average Bonchev–Trinajstić information content (AvgIpc) is 2.21. The van der Waals surface area contributed by atoms with Gasteiger partial charge in [0.1, 0.15) is 5.82 Å². The van der Waals surface area contributed by atoms with Crippen LogP contribution in [0.3, 0.4) is 0 Å². The second-order valence-corrected chi connectivity index (χ2v) is 3.21. The van der Waals surface area contributed by atoms with Crippen molar-refractivity contribution < 1.29 is 18.7 Å². The molecule has 85 valence electrons. The summed E-state index contributed by atoms with van der Waals surface area (Å²) >= 11 is 0. The summed E-state index contributed by atoms with van der Waals surface area (Å²) < 4.78 is 17.1. The molecule has 0 spiro atoms. The summed E-state index contributed by atoms with van der Waals surface area (Å²) in [5.74, 6) is -1.65. The van der Waals surface area contributed by atoms with Crippen LogP contribution in [0.5, 0.6) is 0 Å². The molecule has 0 aliphatic heterocycles. The molecule has 0 N–H and O–H groups in total. The highest BCUT2D eigenvalue weighted by Gasteiger charge is 2.10. The number of carbonyl (C=O) groups excluding carboxylic acids is 2. The number of benzene rings is 1. The predicted molar refractivity (Wildman–Crippen MR) is 55.8 cm³/mol. The summed E-state index contributed by atoms with van der Waals surface area (Å²) in [6, 6.07) is 5.46. The van der Waals surface area contributed by atoms with Crippen LogP contribution in [0.4, 0.5) is 4.39 Å². The highest BCUT2D eigenvalue weighted by molar-refractivity contribution is 5.90. The zero-order valence-electron chi connectivity index (χ0n) is 8.90. The molecule has 3 nitrogen and oxygen atoms in total. The summed E-state index contributed by atoms with van der Waals surface area (Å²) in [7, 11) is 0. The van der Waals surface area contributed by atoms with Crippen molar-refractivity contribution >= 4 is 11.9 Å². The molecule has 0 saturated heterocycles. The van der Waals surface area contributed by atoms with Gasteiger partial charge in [-0.3, -0.25) is 9.59 Å². The molecule has 0 unspecified atom stereocenters. The molecule has 0 atom stereocenters. The first-order chi connectivity index (χ1) is 7.61. The predicted octanol–water partition coefficient (Wildman–Crippen LogP) is 2.05. The van der Waals surface area contributed by atoms with E-state index in [0.29, 0.717) is 12.0 Å². The fourth-order valence-corrected chi connectivity index (χ4v) is 1.13. The monoisotopic (exact) mass is 223 g/mol. The molecule has 0 aliphatic carbocycles. The Labute approximate surface area is 93.2 Å². The van der Waals surface area contributed by atoms with E-state index in [1.165, 1.54) is 30.7 Å². The number of hydrogen-bond acceptors (Lipinski definition) is 3. The lowest BCUT2D eigenvalue weighted by Gasteiger charge is -2.01. The van der Waals surface area contributed by atoms with Crippen molar-refractivity contribution in [3.8, 4) is 0 Å². The SMILES string of the molecule is CC[CH]C(=O)OC(=O)Cc1ccc(F)cc1. The maximum absolute atomic E-state index is 12.6. The quantitative estimate of drug-likeness (QED) is 0.579. The van der Waals surface area contributed by atoms with Gasteiger partial charge in [0, 0.05) is 0 Å². The van der Waals surface area contributed by atoms with Crippen LogP contribution in [0.1, 0.15) is 18.9 Å². The van der Waals surface area contributed by atoms with E-state index in [-0.39, 0.29) is 12.2 Å². The van der Waals surface area contributed by atoms with Gasteiger partial charge in [-0.25, -0.2) is 4.39 Å². The third-order valence-corrected chi connectivity index (χ3v) is 1.85. The maximum atomic E-state index is 12.6. The van der Waals surface area contributed by atoms with Gasteiger partial charge in [-0.1, -0.05) is 19.1 Å². The van der Waals surface area contributed by atoms with E-state index in [1.807, 2.05) is 0 Å². The van der Waals surface area contributed by atoms with Gasteiger partial charge < -0.3 is 4.74 Å². The topological polar surface area (TPSA) is 43.4 Å². The zero-order valence-corrected chi connectivity index (χ0v) is 8.90. The Morgan fingerprint density at radius 2 is 1.94 bits per heavy atom. The summed E-state index contributed by atoms with van der Waals surface area (Å²) in [6.07, 6.45) is 1.76. The van der Waals surface area contributed by atoms with Crippen LogP contribution >= 0.6 is 0 Å². The molecule has 0 amide bonds. The maximum Gasteiger partial charge on any atom is 0.317 e. The molecule has 1 aromatic rings. The molecule has 1 radical (unpaired) electrons. The van der Waals surface area contributed by atoms with E-state index < -0.39 is 11.9 Å². The Balaban J connectivity index is 2.45. The van der Waals surface area contributed by atoms with E-state index in [1.54, 1.807) is 6.92 Å². The van der Waals surface area contributed by atoms with Gasteiger partial charge in [-0.2, -0.15) is 0 Å². The van der Waals surface area contributed by atoms with Crippen molar-refractivity contribution in [1.29, 1.82) is 0 Å². The lowest BCUT2D eigenvalue weighted by atomic mass is 10.1. The standard InChI is InChI=1S/C12H12FO3/c1-2-3-11(14)16-12(15)8-9-4-6-10(13)7-5-9/h3-7H,2,8H2,1H3. The van der Waals surface area contributed by atoms with Crippen molar-refractivity contribution in [2.45, 2.75) is 19.8 Å². The number of rotatable bonds is 4. The number of carbonyl (C=O) groups is 2. The van der Waals surface area contributed by atoms with Gasteiger partial charge in [-0.15, -0.1) is 0 Å². The van der Waals surface area contributed by atoms with Crippen LogP contribution in [-0.2, 0) is 20.7 Å². The highest BCUT2D eigenvalue weighted by Crippen LogP contribution is 2.04. The molecule has 0 bridgehead atoms. The minimum Gasteiger partial charge on any atom is -0.393 e. The second-order valence-electron chi connectivity index (χ2n) is 3.21. The Kier molecular flexibility index (Phi) is 4.64. The van der Waals surface area contributed by atoms with Crippen LogP contribution in [-0.4, -0.2) is 11.9 Å². The largest absolute Gasteiger partial charge is 0.393 e. The Morgan fingerprint density at radius 3 is 2.50 bits per heavy atom. The van der Waals surface area contributed by atoms with Crippen molar-refractivity contribution in [2.75, 3.05) is 0 Å². The van der Waals surface area contributed by atoms with E-state index in [4.69, 9.17) is 0 Å². The summed E-state index contributed by atoms with van der Waals surface area (Å²) in [5.41, 5.74) is 0.607. The Morgan fingerprint density at radius 1 is 1.31 bits per heavy atom. The van der Waals surface area contributed by atoms with E-state index in [0.717, 1.165) is 0 Å². The molecule has 1 aromatic carbocycles. The van der Waals surface area contributed by atoms with Gasteiger partial charge in [0.15, 0.2) is 0 Å². The Hall–Kier alpha value is -1.71. The second kappa shape index (κ2) is 6.00. The molecule has 4 heteroatoms. The molecule has 0 saturated carbocycles. The van der Waals surface area contributed by atoms with Gasteiger partial charge in [0.05, 0.1) is 12.8 Å². The van der Waals surface area contributed by atoms with Gasteiger partial charge in [0.2, 0.25) is 0 Å². The van der Waals surface area contributed by atoms with Crippen molar-refractivity contribution in [3.63, 3.8) is 0 Å². The van der Waals surface area contributed by atoms with E-state index in [2.05, 4.69) is 4.74 Å². The molecule has 16 heavy (non-hydrogen) atoms. The minimum atomic E-state index is -0.644. The zero-order chi connectivity index (χ0) is 12.0. The summed E-state index contributed by atoms with van der Waals surface area (Å²) in [5, 5.41) is 0. The molecule has 0 aliphatic rings. The van der Waals surface area contributed by atoms with Crippen LogP contribution < -0.4 is 0 Å². The van der Waals surface area contributed by atoms with Gasteiger partial charge in [0.25, 0.3) is 0 Å². The smallest absolute Gasteiger partial charge is 0.317 e. The van der Waals surface area contributed by atoms with Crippen LogP contribution in [0.25, 0.3) is 0 Å². The van der Waals surface area contributed by atoms with Crippen molar-refractivity contribution in [3.05, 3.63) is 42.1 Å². The average molecular weight is 223 g/mol. The molecule has 0 heterocycles. The van der Waals surface area contributed by atoms with E-state index >= 15 is 0 Å². The molecule has 0 fully saturated rings. The van der Waals surface area contributed by atoms with Crippen LogP contribution in [0.2, 0.25) is 0 Å². The molecular weight excluding hydrogens is 211 g/mol. The minimum absolute atomic E-state index is 0.0381. The fraction of sp³-hybridized carbons (Fsp3) is 0.250. The number of esters is 2. The first kappa shape index (κ1) is 12.4. The molecular formula is C12H12FO3. The van der Waals surface area contributed by atoms with Crippen molar-refractivity contribution in [2.24, 2.45) is 0 Å². The van der Waals surface area contributed by atoms with Crippen LogP contribution in [0.15, 0.2) is 24.3 Å². The summed E-state index contributed by atoms with van der Waals surface area (Å²) in [4.78, 5) is 22.2. The van der Waals surface area contributed by atoms with E-state index in [9.17, 15) is 14.0 Å². The normalized spacial score (nSPS) is 9.88. The van der Waals surface area contributed by atoms with Crippen LogP contribution in [0, 0.1) is 12.2 Å². The number of ether oxygens (including phenoxy) is 1.